The van der Waals surface area contributed by atoms with Crippen LogP contribution in [0, 0.1) is 0 Å². The molecule has 1 atom stereocenters. The Morgan fingerprint density at radius 2 is 1.93 bits per heavy atom. The van der Waals surface area contributed by atoms with Gasteiger partial charge in [0.25, 0.3) is 5.91 Å². The molecule has 3 amide bonds. The highest BCUT2D eigenvalue weighted by Gasteiger charge is 2.41. The number of hydrogen-bond donors (Lipinski definition) is 1. The summed E-state index contributed by atoms with van der Waals surface area (Å²) in [6.07, 6.45) is -4.06. The van der Waals surface area contributed by atoms with Crippen LogP contribution in [0.25, 0.3) is 10.8 Å². The van der Waals surface area contributed by atoms with Gasteiger partial charge in [-0.15, -0.1) is 0 Å². The molecule has 1 saturated heterocycles. The van der Waals surface area contributed by atoms with Gasteiger partial charge in [-0.3, -0.25) is 24.6 Å². The molecule has 2 aromatic carbocycles. The monoisotopic (exact) mass is 391 g/mol. The number of anilines is 2. The van der Waals surface area contributed by atoms with Crippen molar-refractivity contribution in [2.24, 2.45) is 0 Å². The molecule has 0 aromatic heterocycles. The van der Waals surface area contributed by atoms with E-state index in [9.17, 15) is 27.6 Å². The van der Waals surface area contributed by atoms with Crippen molar-refractivity contribution in [2.45, 2.75) is 25.1 Å². The quantitative estimate of drug-likeness (QED) is 0.817. The lowest BCUT2D eigenvalue weighted by Gasteiger charge is -2.30. The zero-order valence-electron chi connectivity index (χ0n) is 14.8. The van der Waals surface area contributed by atoms with Crippen LogP contribution in [0.5, 0.6) is 0 Å². The van der Waals surface area contributed by atoms with E-state index in [0.29, 0.717) is 27.7 Å². The molecule has 0 radical (unpaired) electrons. The summed E-state index contributed by atoms with van der Waals surface area (Å²) in [7, 11) is 1.34. The van der Waals surface area contributed by atoms with Crippen molar-refractivity contribution in [2.75, 3.05) is 23.4 Å². The fourth-order valence-corrected chi connectivity index (χ4v) is 3.92. The summed E-state index contributed by atoms with van der Waals surface area (Å²) in [5, 5.41) is 3.26. The van der Waals surface area contributed by atoms with Crippen LogP contribution in [-0.4, -0.2) is 43.5 Å². The number of carbonyl (C=O) groups excluding carboxylic acids is 3. The van der Waals surface area contributed by atoms with Crippen molar-refractivity contribution >= 4 is 39.9 Å². The molecular weight excluding hydrogens is 375 g/mol. The van der Waals surface area contributed by atoms with Crippen molar-refractivity contribution < 1.29 is 27.6 Å². The van der Waals surface area contributed by atoms with Crippen molar-refractivity contribution in [3.05, 3.63) is 35.9 Å². The van der Waals surface area contributed by atoms with Gasteiger partial charge in [0.05, 0.1) is 11.3 Å². The van der Waals surface area contributed by atoms with Crippen LogP contribution in [0.4, 0.5) is 24.5 Å². The molecule has 0 aliphatic carbocycles. The van der Waals surface area contributed by atoms with Crippen LogP contribution < -0.4 is 15.1 Å². The molecule has 4 rings (SSSR count). The maximum absolute atomic E-state index is 13.0. The molecule has 1 fully saturated rings. The number of nitrogens with one attached hydrogen (secondary N) is 1. The van der Waals surface area contributed by atoms with Gasteiger partial charge in [0.2, 0.25) is 11.8 Å². The second-order valence-electron chi connectivity index (χ2n) is 6.95. The van der Waals surface area contributed by atoms with Gasteiger partial charge in [0.15, 0.2) is 0 Å². The molecule has 2 aliphatic rings. The smallest absolute Gasteiger partial charge is 0.365 e. The Labute approximate surface area is 157 Å². The molecular formula is C19H16F3N3O3. The van der Waals surface area contributed by atoms with Crippen LogP contribution in [-0.2, 0) is 9.59 Å². The van der Waals surface area contributed by atoms with Crippen molar-refractivity contribution in [1.29, 1.82) is 0 Å². The van der Waals surface area contributed by atoms with Gasteiger partial charge in [-0.05, 0) is 24.6 Å². The largest absolute Gasteiger partial charge is 0.405 e. The highest BCUT2D eigenvalue weighted by molar-refractivity contribution is 6.28. The minimum Gasteiger partial charge on any atom is -0.365 e. The number of nitrogens with zero attached hydrogens (tertiary/aromatic N) is 2. The Morgan fingerprint density at radius 1 is 1.18 bits per heavy atom. The van der Waals surface area contributed by atoms with E-state index < -0.39 is 30.6 Å². The number of benzene rings is 2. The lowest BCUT2D eigenvalue weighted by Crippen LogP contribution is -2.53. The van der Waals surface area contributed by atoms with E-state index in [1.165, 1.54) is 24.1 Å². The number of carbonyl (C=O) groups is 3. The van der Waals surface area contributed by atoms with Crippen LogP contribution in [0.2, 0.25) is 0 Å². The minimum atomic E-state index is -4.37. The van der Waals surface area contributed by atoms with Gasteiger partial charge >= 0.3 is 6.18 Å². The van der Waals surface area contributed by atoms with Gasteiger partial charge < -0.3 is 4.90 Å². The first-order chi connectivity index (χ1) is 13.2. The third-order valence-electron chi connectivity index (χ3n) is 5.05. The Morgan fingerprint density at radius 3 is 2.61 bits per heavy atom. The Balaban J connectivity index is 1.81. The summed E-state index contributed by atoms with van der Waals surface area (Å²) in [4.78, 5) is 39.1. The highest BCUT2D eigenvalue weighted by Crippen LogP contribution is 2.43. The van der Waals surface area contributed by atoms with E-state index in [4.69, 9.17) is 0 Å². The van der Waals surface area contributed by atoms with Crippen LogP contribution in [0.15, 0.2) is 30.3 Å². The van der Waals surface area contributed by atoms with E-state index in [2.05, 4.69) is 5.32 Å². The summed E-state index contributed by atoms with van der Waals surface area (Å²) in [5.74, 6) is -1.34. The Kier molecular flexibility index (Phi) is 4.06. The maximum Gasteiger partial charge on any atom is 0.405 e. The van der Waals surface area contributed by atoms with Gasteiger partial charge in [-0.1, -0.05) is 12.1 Å². The number of amides is 3. The molecule has 0 saturated carbocycles. The van der Waals surface area contributed by atoms with Crippen molar-refractivity contribution in [3.8, 4) is 0 Å². The second kappa shape index (κ2) is 6.22. The molecule has 0 spiro atoms. The molecule has 6 nitrogen and oxygen atoms in total. The van der Waals surface area contributed by atoms with Crippen molar-refractivity contribution in [1.82, 2.24) is 5.32 Å². The van der Waals surface area contributed by atoms with Gasteiger partial charge in [0, 0.05) is 29.9 Å². The summed E-state index contributed by atoms with van der Waals surface area (Å²) in [5.41, 5.74) is 1.14. The Bertz CT molecular complexity index is 1020. The zero-order chi connectivity index (χ0) is 20.2. The number of rotatable bonds is 3. The van der Waals surface area contributed by atoms with Crippen LogP contribution in [0.1, 0.15) is 23.2 Å². The zero-order valence-corrected chi connectivity index (χ0v) is 14.8. The Hall–Kier alpha value is -3.10. The van der Waals surface area contributed by atoms with Crippen LogP contribution in [0.3, 0.4) is 0 Å². The molecule has 2 aromatic rings. The molecule has 28 heavy (non-hydrogen) atoms. The third-order valence-corrected chi connectivity index (χ3v) is 5.05. The van der Waals surface area contributed by atoms with Crippen LogP contribution >= 0.6 is 0 Å². The SMILES string of the molecule is CN(CC(F)(F)F)c1ccc2c3c(cccc13)N(C1CCC(=O)NC1=O)C2=O. The first-order valence-corrected chi connectivity index (χ1v) is 8.68. The predicted molar refractivity (Wildman–Crippen MR) is 96.3 cm³/mol. The number of alkyl halides is 3. The van der Waals surface area contributed by atoms with E-state index in [0.717, 1.165) is 4.90 Å². The molecule has 9 heteroatoms. The molecule has 1 N–H and O–H groups in total. The van der Waals surface area contributed by atoms with E-state index >= 15 is 0 Å². The van der Waals surface area contributed by atoms with Gasteiger partial charge in [-0.25, -0.2) is 0 Å². The number of halogens is 3. The third kappa shape index (κ3) is 2.87. The maximum atomic E-state index is 13.0. The fraction of sp³-hybridized carbons (Fsp3) is 0.316. The standard InChI is InChI=1S/C19H16F3N3O3/c1-24(9-19(20,21)22)12-6-5-11-16-10(12)3-2-4-13(16)25(18(11)28)14-7-8-15(26)23-17(14)27/h2-6,14H,7-9H2,1H3,(H,23,26,27). The summed E-state index contributed by atoms with van der Waals surface area (Å²) in [6, 6.07) is 7.10. The molecule has 146 valence electrons. The summed E-state index contributed by atoms with van der Waals surface area (Å²) >= 11 is 0. The first-order valence-electron chi connectivity index (χ1n) is 8.68. The average molecular weight is 391 g/mol. The number of hydrogen-bond acceptors (Lipinski definition) is 4. The fourth-order valence-electron chi connectivity index (χ4n) is 3.92. The molecule has 2 heterocycles. The molecule has 2 aliphatic heterocycles. The van der Waals surface area contributed by atoms with Crippen molar-refractivity contribution in [3.63, 3.8) is 0 Å². The normalized spacial score (nSPS) is 19.4. The average Bonchev–Trinajstić information content (AvgIpc) is 2.88. The summed E-state index contributed by atoms with van der Waals surface area (Å²) < 4.78 is 38.5. The topological polar surface area (TPSA) is 69.7 Å². The van der Waals surface area contributed by atoms with E-state index in [1.54, 1.807) is 18.2 Å². The van der Waals surface area contributed by atoms with E-state index in [-0.39, 0.29) is 18.7 Å². The minimum absolute atomic E-state index is 0.117. The second-order valence-corrected chi connectivity index (χ2v) is 6.95. The number of imide groups is 1. The molecule has 1 unspecified atom stereocenters. The summed E-state index contributed by atoms with van der Waals surface area (Å²) in [6.45, 7) is -1.13. The molecule has 0 bridgehead atoms. The van der Waals surface area contributed by atoms with Gasteiger partial charge in [0.1, 0.15) is 12.6 Å². The predicted octanol–water partition coefficient (Wildman–Crippen LogP) is 2.60. The number of piperidine rings is 1. The highest BCUT2D eigenvalue weighted by atomic mass is 19.4. The lowest BCUT2D eigenvalue weighted by atomic mass is 10.0. The van der Waals surface area contributed by atoms with Gasteiger partial charge in [-0.2, -0.15) is 13.2 Å². The van der Waals surface area contributed by atoms with E-state index in [1.807, 2.05) is 0 Å². The first kappa shape index (κ1) is 18.3. The lowest BCUT2D eigenvalue weighted by molar-refractivity contribution is -0.134.